The molecule has 2 atom stereocenters. The summed E-state index contributed by atoms with van der Waals surface area (Å²) in [5.74, 6) is 0.0243. The summed E-state index contributed by atoms with van der Waals surface area (Å²) in [7, 11) is 0. The smallest absolute Gasteiger partial charge is 0.224 e. The van der Waals surface area contributed by atoms with Gasteiger partial charge >= 0.3 is 0 Å². The van der Waals surface area contributed by atoms with E-state index in [1.54, 1.807) is 24.3 Å². The minimum Gasteiger partial charge on any atom is -0.508 e. The average Bonchev–Trinajstić information content (AvgIpc) is 2.47. The summed E-state index contributed by atoms with van der Waals surface area (Å²) in [5, 5.41) is 22.4. The zero-order chi connectivity index (χ0) is 15.9. The topological polar surface area (TPSA) is 69.6 Å². The highest BCUT2D eigenvalue weighted by molar-refractivity contribution is 5.78. The van der Waals surface area contributed by atoms with Crippen molar-refractivity contribution in [2.45, 2.75) is 31.9 Å². The Morgan fingerprint density at radius 1 is 1.14 bits per heavy atom. The molecule has 2 rings (SSSR count). The SMILES string of the molecule is CC(CC(O)c1ccccc1)NC(=O)Cc1cccc(O)c1. The van der Waals surface area contributed by atoms with Gasteiger partial charge in [0.15, 0.2) is 0 Å². The lowest BCUT2D eigenvalue weighted by Gasteiger charge is -2.18. The molecule has 0 spiro atoms. The summed E-state index contributed by atoms with van der Waals surface area (Å²) < 4.78 is 0. The fourth-order valence-electron chi connectivity index (χ4n) is 2.38. The van der Waals surface area contributed by atoms with Gasteiger partial charge in [0.05, 0.1) is 12.5 Å². The molecule has 0 fully saturated rings. The first kappa shape index (κ1) is 16.0. The Hall–Kier alpha value is -2.33. The second kappa shape index (κ2) is 7.61. The van der Waals surface area contributed by atoms with E-state index in [2.05, 4.69) is 5.32 Å². The van der Waals surface area contributed by atoms with Gasteiger partial charge in [-0.25, -0.2) is 0 Å². The lowest BCUT2D eigenvalue weighted by atomic mass is 10.0. The van der Waals surface area contributed by atoms with Gasteiger partial charge in [-0.15, -0.1) is 0 Å². The van der Waals surface area contributed by atoms with Crippen LogP contribution in [0.25, 0.3) is 0 Å². The number of carbonyl (C=O) groups is 1. The zero-order valence-electron chi connectivity index (χ0n) is 12.6. The predicted octanol–water partition coefficient (Wildman–Crippen LogP) is 2.56. The summed E-state index contributed by atoms with van der Waals surface area (Å²) in [6.45, 7) is 1.87. The van der Waals surface area contributed by atoms with Crippen LogP contribution in [0, 0.1) is 0 Å². The number of carbonyl (C=O) groups excluding carboxylic acids is 1. The molecule has 1 amide bonds. The highest BCUT2D eigenvalue weighted by Gasteiger charge is 2.14. The van der Waals surface area contributed by atoms with Gasteiger partial charge in [0.2, 0.25) is 5.91 Å². The van der Waals surface area contributed by atoms with Crippen LogP contribution in [0.3, 0.4) is 0 Å². The van der Waals surface area contributed by atoms with Crippen molar-refractivity contribution in [1.82, 2.24) is 5.32 Å². The largest absolute Gasteiger partial charge is 0.508 e. The maximum atomic E-state index is 12.0. The third kappa shape index (κ3) is 4.90. The van der Waals surface area contributed by atoms with Crippen LogP contribution in [0.4, 0.5) is 0 Å². The summed E-state index contributed by atoms with van der Waals surface area (Å²) in [4.78, 5) is 12.0. The zero-order valence-corrected chi connectivity index (χ0v) is 12.6. The van der Waals surface area contributed by atoms with E-state index in [1.165, 1.54) is 0 Å². The Kier molecular flexibility index (Phi) is 5.55. The van der Waals surface area contributed by atoms with Crippen molar-refractivity contribution >= 4 is 5.91 Å². The second-order valence-electron chi connectivity index (χ2n) is 5.48. The van der Waals surface area contributed by atoms with E-state index in [9.17, 15) is 15.0 Å². The molecular formula is C18H21NO3. The molecule has 4 heteroatoms. The number of phenols is 1. The van der Waals surface area contributed by atoms with Gasteiger partial charge in [-0.2, -0.15) is 0 Å². The molecule has 0 aliphatic carbocycles. The van der Waals surface area contributed by atoms with E-state index >= 15 is 0 Å². The molecule has 0 saturated carbocycles. The van der Waals surface area contributed by atoms with Crippen molar-refractivity contribution in [1.29, 1.82) is 0 Å². The van der Waals surface area contributed by atoms with Crippen molar-refractivity contribution in [3.8, 4) is 5.75 Å². The third-order valence-electron chi connectivity index (χ3n) is 3.44. The van der Waals surface area contributed by atoms with Crippen molar-refractivity contribution in [2.24, 2.45) is 0 Å². The van der Waals surface area contributed by atoms with Crippen LogP contribution in [0.2, 0.25) is 0 Å². The highest BCUT2D eigenvalue weighted by atomic mass is 16.3. The van der Waals surface area contributed by atoms with E-state index in [-0.39, 0.29) is 24.1 Å². The van der Waals surface area contributed by atoms with Crippen molar-refractivity contribution in [3.63, 3.8) is 0 Å². The first-order valence-corrected chi connectivity index (χ1v) is 7.35. The Bertz CT molecular complexity index is 613. The molecule has 0 bridgehead atoms. The summed E-state index contributed by atoms with van der Waals surface area (Å²) in [6.07, 6.45) is 0.0629. The lowest BCUT2D eigenvalue weighted by Crippen LogP contribution is -2.34. The molecule has 0 radical (unpaired) electrons. The third-order valence-corrected chi connectivity index (χ3v) is 3.44. The first-order chi connectivity index (χ1) is 10.5. The number of hydrogen-bond donors (Lipinski definition) is 3. The van der Waals surface area contributed by atoms with E-state index in [1.807, 2.05) is 37.3 Å². The summed E-state index contributed by atoms with van der Waals surface area (Å²) >= 11 is 0. The monoisotopic (exact) mass is 299 g/mol. The number of nitrogens with one attached hydrogen (secondary N) is 1. The Balaban J connectivity index is 1.83. The van der Waals surface area contributed by atoms with Crippen molar-refractivity contribution in [3.05, 3.63) is 65.7 Å². The molecule has 0 aliphatic heterocycles. The van der Waals surface area contributed by atoms with Crippen LogP contribution in [0.1, 0.15) is 30.6 Å². The summed E-state index contributed by atoms with van der Waals surface area (Å²) in [5.41, 5.74) is 1.60. The lowest BCUT2D eigenvalue weighted by molar-refractivity contribution is -0.121. The number of benzene rings is 2. The van der Waals surface area contributed by atoms with Crippen LogP contribution in [-0.2, 0) is 11.2 Å². The van der Waals surface area contributed by atoms with Crippen LogP contribution in [0.15, 0.2) is 54.6 Å². The molecule has 2 aromatic rings. The quantitative estimate of drug-likeness (QED) is 0.768. The molecule has 0 heterocycles. The average molecular weight is 299 g/mol. The van der Waals surface area contributed by atoms with Crippen LogP contribution < -0.4 is 5.32 Å². The minimum absolute atomic E-state index is 0.127. The Morgan fingerprint density at radius 3 is 2.55 bits per heavy atom. The van der Waals surface area contributed by atoms with Gasteiger partial charge in [0, 0.05) is 6.04 Å². The van der Waals surface area contributed by atoms with Crippen LogP contribution in [-0.4, -0.2) is 22.2 Å². The molecule has 0 aromatic heterocycles. The molecule has 116 valence electrons. The Labute approximate surface area is 130 Å². The standard InChI is InChI=1S/C18H21NO3/c1-13(10-17(21)15-7-3-2-4-8-15)19-18(22)12-14-6-5-9-16(20)11-14/h2-9,11,13,17,20-21H,10,12H2,1H3,(H,19,22). The number of rotatable bonds is 6. The molecule has 3 N–H and O–H groups in total. The number of aliphatic hydroxyl groups is 1. The maximum absolute atomic E-state index is 12.0. The number of hydrogen-bond acceptors (Lipinski definition) is 3. The number of amides is 1. The maximum Gasteiger partial charge on any atom is 0.224 e. The number of aliphatic hydroxyl groups excluding tert-OH is 1. The fourth-order valence-corrected chi connectivity index (χ4v) is 2.38. The fraction of sp³-hybridized carbons (Fsp3) is 0.278. The van der Waals surface area contributed by atoms with Crippen LogP contribution in [0.5, 0.6) is 5.75 Å². The number of phenolic OH excluding ortho intramolecular Hbond substituents is 1. The van der Waals surface area contributed by atoms with Gasteiger partial charge in [0.25, 0.3) is 0 Å². The summed E-state index contributed by atoms with van der Waals surface area (Å²) in [6, 6.07) is 15.9. The van der Waals surface area contributed by atoms with Gasteiger partial charge in [-0.1, -0.05) is 42.5 Å². The Morgan fingerprint density at radius 2 is 1.86 bits per heavy atom. The van der Waals surface area contributed by atoms with Gasteiger partial charge in [-0.3, -0.25) is 4.79 Å². The molecule has 0 aliphatic rings. The van der Waals surface area contributed by atoms with Gasteiger partial charge in [0.1, 0.15) is 5.75 Å². The van der Waals surface area contributed by atoms with Crippen molar-refractivity contribution < 1.29 is 15.0 Å². The molecule has 22 heavy (non-hydrogen) atoms. The molecule has 2 unspecified atom stereocenters. The van der Waals surface area contributed by atoms with Gasteiger partial charge in [-0.05, 0) is 36.6 Å². The van der Waals surface area contributed by atoms with E-state index in [0.717, 1.165) is 11.1 Å². The van der Waals surface area contributed by atoms with E-state index in [4.69, 9.17) is 0 Å². The van der Waals surface area contributed by atoms with Crippen LogP contribution >= 0.6 is 0 Å². The first-order valence-electron chi connectivity index (χ1n) is 7.35. The predicted molar refractivity (Wildman–Crippen MR) is 85.4 cm³/mol. The van der Waals surface area contributed by atoms with Gasteiger partial charge < -0.3 is 15.5 Å². The van der Waals surface area contributed by atoms with E-state index in [0.29, 0.717) is 6.42 Å². The van der Waals surface area contributed by atoms with Crippen molar-refractivity contribution in [2.75, 3.05) is 0 Å². The molecule has 2 aromatic carbocycles. The molecule has 0 saturated heterocycles. The minimum atomic E-state index is -0.600. The molecule has 4 nitrogen and oxygen atoms in total. The van der Waals surface area contributed by atoms with E-state index < -0.39 is 6.10 Å². The molecular weight excluding hydrogens is 278 g/mol. The highest BCUT2D eigenvalue weighted by Crippen LogP contribution is 2.18. The normalized spacial score (nSPS) is 13.4. The second-order valence-corrected chi connectivity index (χ2v) is 5.48. The number of aromatic hydroxyl groups is 1.